The molecule has 2 aromatic carbocycles. The van der Waals surface area contributed by atoms with Crippen LogP contribution >= 0.6 is 0 Å². The first-order chi connectivity index (χ1) is 40.3. The smallest absolute Gasteiger partial charge is 0.304 e. The molecule has 15 heteroatoms. The molecule has 8 aliphatic carbocycles. The van der Waals surface area contributed by atoms with Gasteiger partial charge < -0.3 is 45.3 Å². The fourth-order valence-corrected chi connectivity index (χ4v) is 18.1. The number of hydrogen-bond donors (Lipinski definition) is 6. The second kappa shape index (κ2) is 25.9. The molecule has 12 rings (SSSR count). The first kappa shape index (κ1) is 62.4. The zero-order chi connectivity index (χ0) is 60.2. The van der Waals surface area contributed by atoms with Crippen LogP contribution in [0.3, 0.4) is 0 Å². The number of aliphatic hydroxyl groups excluding tert-OH is 2. The second-order valence-electron chi connectivity index (χ2n) is 26.4. The second-order valence-corrected chi connectivity index (χ2v) is 26.4. The number of ether oxygens (including phenoxy) is 3. The molecule has 2 aromatic heterocycles. The molecule has 0 bridgehead atoms. The number of aromatic amines is 1. The summed E-state index contributed by atoms with van der Waals surface area (Å²) in [6.45, 7) is 9.86. The number of phenolic OH excluding ortho intramolecular Hbond substituents is 1. The van der Waals surface area contributed by atoms with Crippen molar-refractivity contribution in [2.24, 2.45) is 52.3 Å². The number of benzene rings is 2. The number of imidazole rings is 1. The average molecular weight is 1150 g/mol. The van der Waals surface area contributed by atoms with Gasteiger partial charge >= 0.3 is 5.97 Å². The summed E-state index contributed by atoms with van der Waals surface area (Å²) in [5.41, 5.74) is 10.9. The van der Waals surface area contributed by atoms with Crippen LogP contribution in [0.5, 0.6) is 11.5 Å². The Morgan fingerprint density at radius 2 is 1.70 bits per heavy atom. The first-order valence-electron chi connectivity index (χ1n) is 31.2. The van der Waals surface area contributed by atoms with Crippen LogP contribution in [0.15, 0.2) is 77.1 Å². The number of methoxy groups -OCH3 is 1. The zero-order valence-electron chi connectivity index (χ0n) is 51.0. The molecule has 7 N–H and O–H groups in total. The molecule has 13 atom stereocenters. The normalized spacial score (nSPS) is 33.9. The van der Waals surface area contributed by atoms with Crippen molar-refractivity contribution in [1.82, 2.24) is 24.4 Å². The summed E-state index contributed by atoms with van der Waals surface area (Å²) in [7, 11) is 6.11. The summed E-state index contributed by atoms with van der Waals surface area (Å²) in [5.74, 6) is 11.9. The minimum Gasteiger partial charge on any atom is -0.515 e. The molecular formula is C69H94N6O9. The summed E-state index contributed by atoms with van der Waals surface area (Å²) in [5, 5.41) is 38.6. The lowest BCUT2D eigenvalue weighted by Gasteiger charge is -2.56. The fraction of sp³-hybridized carbons (Fsp3) is 0.623. The number of aliphatic hydroxyl groups is 3. The number of phenols is 1. The van der Waals surface area contributed by atoms with E-state index in [4.69, 9.17) is 37.9 Å². The average Bonchev–Trinajstić information content (AvgIpc) is 1.92. The third-order valence-electron chi connectivity index (χ3n) is 22.3. The van der Waals surface area contributed by atoms with Gasteiger partial charge in [0, 0.05) is 24.3 Å². The van der Waals surface area contributed by atoms with Gasteiger partial charge in [0.05, 0.1) is 32.9 Å². The van der Waals surface area contributed by atoms with E-state index in [1.165, 1.54) is 85.8 Å². The Morgan fingerprint density at radius 3 is 2.42 bits per heavy atom. The van der Waals surface area contributed by atoms with Gasteiger partial charge in [0.2, 0.25) is 5.95 Å². The third kappa shape index (κ3) is 11.8. The maximum Gasteiger partial charge on any atom is 0.304 e. The standard InChI is InChI=1S/C24H32O3.C20H24O2.C17H27NO.C8H11N5O3/c1-4-23-12-10-20-19-8-6-17(15-25)14-18(19)7-9-21(20)22(23)11-13-24(23,5-2)27-16(3)26;1-3-20(22)11-9-18-17-6-4-13-12-14(21)5-7-15(13)16(17)8-10-19(18,20)2;1-17(14-9-7-10-16(12-14)19-4)11-6-5-8-15(17)13-18(2)3;9-8-11-6-5(7(15)12-8)10-3-13(6)4-16-2-1-14/h2,14-15,19-22,25H,4,6-13H2,1,3H3;1,5,7,12,16-18,21-22H,4,6,8-11H2,2H3;7,9-10,12,15H,5-6,8,11,13H2,1-4H3;3,14H,1-2,4H2,(H3,9,11,12,15)/b17-15+;;;/t19-,20+,21+,22-,23-,24-;16-,17-,18+,19+,20+;15-,17-;/m011./s1. The predicted molar refractivity (Wildman–Crippen MR) is 329 cm³/mol. The Kier molecular flexibility index (Phi) is 19.2. The van der Waals surface area contributed by atoms with E-state index < -0.39 is 11.2 Å². The molecule has 0 radical (unpaired) electrons. The number of carbonyl (C=O) groups is 1. The van der Waals surface area contributed by atoms with Crippen molar-refractivity contribution in [3.63, 3.8) is 0 Å². The van der Waals surface area contributed by atoms with Crippen LogP contribution in [-0.4, -0.2) is 103 Å². The molecule has 0 aliphatic heterocycles. The molecule has 84 heavy (non-hydrogen) atoms. The number of rotatable bonds is 10. The lowest BCUT2D eigenvalue weighted by atomic mass is 9.49. The number of hydrogen-bond acceptors (Lipinski definition) is 13. The van der Waals surface area contributed by atoms with Crippen LogP contribution < -0.4 is 16.0 Å². The Morgan fingerprint density at radius 1 is 0.917 bits per heavy atom. The minimum atomic E-state index is -0.919. The van der Waals surface area contributed by atoms with Gasteiger partial charge in [-0.05, 0) is 223 Å². The number of aryl methyl sites for hydroxylation is 1. The van der Waals surface area contributed by atoms with E-state index in [0.29, 0.717) is 46.9 Å². The van der Waals surface area contributed by atoms with Crippen molar-refractivity contribution >= 4 is 23.1 Å². The van der Waals surface area contributed by atoms with Gasteiger partial charge in [-0.15, -0.1) is 12.8 Å². The molecule has 0 spiro atoms. The van der Waals surface area contributed by atoms with E-state index in [0.717, 1.165) is 107 Å². The molecule has 2 heterocycles. The number of allylic oxidation sites excluding steroid dienone is 3. The van der Waals surface area contributed by atoms with E-state index in [-0.39, 0.29) is 59.2 Å². The summed E-state index contributed by atoms with van der Waals surface area (Å²) in [6, 6.07) is 14.5. The summed E-state index contributed by atoms with van der Waals surface area (Å²) >= 11 is 0. The van der Waals surface area contributed by atoms with Crippen molar-refractivity contribution in [1.29, 1.82) is 0 Å². The molecule has 6 saturated carbocycles. The third-order valence-corrected chi connectivity index (χ3v) is 22.3. The number of anilines is 1. The first-order valence-corrected chi connectivity index (χ1v) is 31.2. The molecular weight excluding hydrogens is 1060 g/mol. The molecule has 6 fully saturated rings. The van der Waals surface area contributed by atoms with Gasteiger partial charge in [-0.1, -0.05) is 75.3 Å². The Hall–Kier alpha value is -6.10. The van der Waals surface area contributed by atoms with Gasteiger partial charge in [-0.3, -0.25) is 19.1 Å². The maximum atomic E-state index is 11.9. The number of nitrogens with one attached hydrogen (secondary N) is 1. The zero-order valence-corrected chi connectivity index (χ0v) is 51.0. The number of nitrogens with zero attached hydrogens (tertiary/aromatic N) is 4. The number of nitrogens with two attached hydrogens (primary N) is 1. The molecule has 8 aliphatic rings. The Bertz CT molecular complexity index is 3190. The van der Waals surface area contributed by atoms with Crippen molar-refractivity contribution in [3.05, 3.63) is 99.3 Å². The largest absolute Gasteiger partial charge is 0.515 e. The molecule has 0 unspecified atom stereocenters. The van der Waals surface area contributed by atoms with Crippen LogP contribution in [0.2, 0.25) is 0 Å². The van der Waals surface area contributed by atoms with E-state index in [9.17, 15) is 24.9 Å². The van der Waals surface area contributed by atoms with E-state index in [2.05, 4.69) is 96.9 Å². The predicted octanol–water partition coefficient (Wildman–Crippen LogP) is 11.3. The topological polar surface area (TPSA) is 219 Å². The highest BCUT2D eigenvalue weighted by Gasteiger charge is 2.66. The van der Waals surface area contributed by atoms with Gasteiger partial charge in [-0.25, -0.2) is 4.98 Å². The minimum absolute atomic E-state index is 0.0291. The maximum absolute atomic E-state index is 11.9. The lowest BCUT2D eigenvalue weighted by molar-refractivity contribution is -0.170. The summed E-state index contributed by atoms with van der Waals surface area (Å²) < 4.78 is 17.9. The van der Waals surface area contributed by atoms with Crippen LogP contribution in [0, 0.1) is 76.9 Å². The van der Waals surface area contributed by atoms with Crippen molar-refractivity contribution in [3.8, 4) is 36.2 Å². The van der Waals surface area contributed by atoms with Crippen LogP contribution in [0.4, 0.5) is 5.95 Å². The summed E-state index contributed by atoms with van der Waals surface area (Å²) in [4.78, 5) is 35.8. The molecule has 15 nitrogen and oxygen atoms in total. The van der Waals surface area contributed by atoms with Crippen LogP contribution in [0.25, 0.3) is 11.2 Å². The number of carbonyl (C=O) groups excluding carboxylic acids is 1. The summed E-state index contributed by atoms with van der Waals surface area (Å²) in [6.07, 6.45) is 37.7. The molecule has 0 amide bonds. The number of nitrogen functional groups attached to an aromatic ring is 1. The highest BCUT2D eigenvalue weighted by Crippen LogP contribution is 2.68. The fourth-order valence-electron chi connectivity index (χ4n) is 18.1. The Balaban J connectivity index is 0.000000137. The monoisotopic (exact) mass is 1150 g/mol. The number of fused-ring (bicyclic) bond motifs is 11. The van der Waals surface area contributed by atoms with Crippen LogP contribution in [-0.2, 0) is 32.8 Å². The number of aromatic nitrogens is 4. The molecule has 4 aromatic rings. The quantitative estimate of drug-likeness (QED) is 0.0377. The molecule has 0 saturated heterocycles. The highest BCUT2D eigenvalue weighted by atomic mass is 16.6. The SMILES string of the molecule is C#C[C@]1(O)CC[C@H]2[C@@H]3CCc4cc(O)ccc4[C@H]3CC[C@@]21C.C#C[C@]1(OC(C)=O)CC[C@H]2[C@@H]3CCC4=C/C(=C/O)CC[C@@H]4[C@H]3CC[C@@]21CC.COc1cccc([C@@]2(C)CCCC[C@@H]2CN(C)C)c1.Nc1nc2c(ncn2COCCO)c(=O)[nH]1. The van der Waals surface area contributed by atoms with Gasteiger partial charge in [0.1, 0.15) is 23.8 Å². The van der Waals surface area contributed by atoms with Crippen LogP contribution in [0.1, 0.15) is 166 Å². The number of terminal acetylenes is 2. The van der Waals surface area contributed by atoms with Gasteiger partial charge in [-0.2, -0.15) is 4.98 Å². The number of esters is 1. The van der Waals surface area contributed by atoms with E-state index in [1.807, 2.05) is 18.2 Å². The van der Waals surface area contributed by atoms with E-state index >= 15 is 0 Å². The van der Waals surface area contributed by atoms with Gasteiger partial charge in [0.25, 0.3) is 5.56 Å². The number of H-pyrrole nitrogens is 1. The lowest BCUT2D eigenvalue weighted by Crippen LogP contribution is -2.55. The molecule has 454 valence electrons. The van der Waals surface area contributed by atoms with Crippen molar-refractivity contribution < 1.29 is 39.4 Å². The van der Waals surface area contributed by atoms with Gasteiger partial charge in [0.15, 0.2) is 16.8 Å². The Labute approximate surface area is 498 Å². The number of aromatic hydroxyl groups is 1. The van der Waals surface area contributed by atoms with Crippen molar-refractivity contribution in [2.45, 2.75) is 179 Å². The van der Waals surface area contributed by atoms with E-state index in [1.54, 1.807) is 12.7 Å². The van der Waals surface area contributed by atoms with Crippen molar-refractivity contribution in [2.75, 3.05) is 46.7 Å². The highest BCUT2D eigenvalue weighted by molar-refractivity contribution is 5.70.